The van der Waals surface area contributed by atoms with Crippen molar-refractivity contribution in [3.63, 3.8) is 0 Å². The molecule has 2 unspecified atom stereocenters. The normalized spacial score (nSPS) is 14.2. The quantitative estimate of drug-likeness (QED) is 0.921. The molecule has 2 N–H and O–H groups in total. The zero-order chi connectivity index (χ0) is 14.0. The van der Waals surface area contributed by atoms with Gasteiger partial charge in [0, 0.05) is 24.8 Å². The highest BCUT2D eigenvalue weighted by Gasteiger charge is 2.20. The summed E-state index contributed by atoms with van der Waals surface area (Å²) in [7, 11) is 1.84. The number of ether oxygens (including phenoxy) is 1. The molecular weight excluding hydrogens is 245 g/mol. The van der Waals surface area contributed by atoms with Crippen LogP contribution in [0.5, 0.6) is 5.75 Å². The summed E-state index contributed by atoms with van der Waals surface area (Å²) < 4.78 is 20.7. The molecule has 0 radical (unpaired) electrons. The number of nitrogens with zero attached hydrogens (tertiary/aromatic N) is 2. The number of aryl methyl sites for hydroxylation is 2. The van der Waals surface area contributed by atoms with Crippen LogP contribution in [-0.4, -0.2) is 15.8 Å². The first-order chi connectivity index (χ1) is 8.97. The van der Waals surface area contributed by atoms with Crippen molar-refractivity contribution in [2.75, 3.05) is 0 Å². The van der Waals surface area contributed by atoms with Crippen LogP contribution in [0.2, 0.25) is 0 Å². The van der Waals surface area contributed by atoms with Gasteiger partial charge in [0.2, 0.25) is 0 Å². The lowest BCUT2D eigenvalue weighted by atomic mass is 10.1. The van der Waals surface area contributed by atoms with Gasteiger partial charge in [-0.05, 0) is 37.6 Å². The Morgan fingerprint density at radius 1 is 1.42 bits per heavy atom. The zero-order valence-corrected chi connectivity index (χ0v) is 11.3. The van der Waals surface area contributed by atoms with Gasteiger partial charge < -0.3 is 10.5 Å². The third-order valence-electron chi connectivity index (χ3n) is 2.92. The van der Waals surface area contributed by atoms with E-state index in [9.17, 15) is 4.39 Å². The Morgan fingerprint density at radius 2 is 2.16 bits per heavy atom. The van der Waals surface area contributed by atoms with Crippen LogP contribution in [0.1, 0.15) is 24.2 Å². The fourth-order valence-electron chi connectivity index (χ4n) is 1.95. The SMILES string of the molecule is Cc1cc(F)ccc1OC(c1cnn(C)c1)C(C)N. The number of benzene rings is 1. The average Bonchev–Trinajstić information content (AvgIpc) is 2.74. The highest BCUT2D eigenvalue weighted by atomic mass is 19.1. The molecule has 0 saturated carbocycles. The maximum Gasteiger partial charge on any atom is 0.141 e. The van der Waals surface area contributed by atoms with Gasteiger partial charge >= 0.3 is 0 Å². The van der Waals surface area contributed by atoms with E-state index < -0.39 is 0 Å². The van der Waals surface area contributed by atoms with Crippen molar-refractivity contribution in [3.8, 4) is 5.75 Å². The molecule has 4 nitrogen and oxygen atoms in total. The van der Waals surface area contributed by atoms with E-state index in [1.807, 2.05) is 20.2 Å². The van der Waals surface area contributed by atoms with E-state index in [0.29, 0.717) is 5.75 Å². The van der Waals surface area contributed by atoms with Crippen molar-refractivity contribution in [1.29, 1.82) is 0 Å². The molecule has 2 atom stereocenters. The number of rotatable bonds is 4. The highest BCUT2D eigenvalue weighted by Crippen LogP contribution is 2.27. The van der Waals surface area contributed by atoms with Crippen molar-refractivity contribution in [2.45, 2.75) is 26.0 Å². The van der Waals surface area contributed by atoms with Gasteiger partial charge in [-0.1, -0.05) is 0 Å². The summed E-state index contributed by atoms with van der Waals surface area (Å²) in [5, 5.41) is 4.12. The number of hydrogen-bond donors (Lipinski definition) is 1. The molecule has 1 heterocycles. The predicted octanol–water partition coefficient (Wildman–Crippen LogP) is 2.33. The first-order valence-corrected chi connectivity index (χ1v) is 6.14. The molecule has 0 amide bonds. The fourth-order valence-corrected chi connectivity index (χ4v) is 1.95. The molecule has 0 spiro atoms. The number of hydrogen-bond acceptors (Lipinski definition) is 3. The molecule has 19 heavy (non-hydrogen) atoms. The minimum Gasteiger partial charge on any atom is -0.484 e. The first kappa shape index (κ1) is 13.5. The molecule has 0 fully saturated rings. The van der Waals surface area contributed by atoms with Crippen molar-refractivity contribution < 1.29 is 9.13 Å². The Labute approximate surface area is 112 Å². The summed E-state index contributed by atoms with van der Waals surface area (Å²) in [6.45, 7) is 3.68. The highest BCUT2D eigenvalue weighted by molar-refractivity contribution is 5.33. The maximum absolute atomic E-state index is 13.1. The topological polar surface area (TPSA) is 53.1 Å². The largest absolute Gasteiger partial charge is 0.484 e. The fraction of sp³-hybridized carbons (Fsp3) is 0.357. The second-order valence-electron chi connectivity index (χ2n) is 4.75. The van der Waals surface area contributed by atoms with Crippen molar-refractivity contribution in [1.82, 2.24) is 9.78 Å². The van der Waals surface area contributed by atoms with Crippen molar-refractivity contribution >= 4 is 0 Å². The van der Waals surface area contributed by atoms with E-state index in [-0.39, 0.29) is 18.0 Å². The Hall–Kier alpha value is -1.88. The maximum atomic E-state index is 13.1. The zero-order valence-electron chi connectivity index (χ0n) is 11.3. The van der Waals surface area contributed by atoms with Gasteiger partial charge in [-0.15, -0.1) is 0 Å². The molecule has 1 aromatic heterocycles. The monoisotopic (exact) mass is 263 g/mol. The van der Waals surface area contributed by atoms with Crippen LogP contribution in [0.3, 0.4) is 0 Å². The van der Waals surface area contributed by atoms with E-state index in [4.69, 9.17) is 10.5 Å². The molecule has 0 saturated heterocycles. The second kappa shape index (κ2) is 5.40. The van der Waals surface area contributed by atoms with Gasteiger partial charge in [0.15, 0.2) is 0 Å². The Bertz CT molecular complexity index is 566. The molecule has 0 aliphatic carbocycles. The summed E-state index contributed by atoms with van der Waals surface area (Å²) in [6.07, 6.45) is 3.29. The summed E-state index contributed by atoms with van der Waals surface area (Å²) in [6, 6.07) is 4.24. The van der Waals surface area contributed by atoms with Crippen LogP contribution in [0.15, 0.2) is 30.6 Å². The molecule has 1 aromatic carbocycles. The molecule has 2 aromatic rings. The van der Waals surface area contributed by atoms with Gasteiger partial charge in [-0.3, -0.25) is 4.68 Å². The third kappa shape index (κ3) is 3.12. The van der Waals surface area contributed by atoms with E-state index in [0.717, 1.165) is 11.1 Å². The van der Waals surface area contributed by atoms with Gasteiger partial charge in [0.1, 0.15) is 17.7 Å². The lowest BCUT2D eigenvalue weighted by Crippen LogP contribution is -2.29. The van der Waals surface area contributed by atoms with E-state index in [2.05, 4.69) is 5.10 Å². The second-order valence-corrected chi connectivity index (χ2v) is 4.75. The van der Waals surface area contributed by atoms with Crippen LogP contribution in [0.4, 0.5) is 4.39 Å². The molecule has 2 rings (SSSR count). The lowest BCUT2D eigenvalue weighted by Gasteiger charge is -2.22. The Kier molecular flexibility index (Phi) is 3.85. The standard InChI is InChI=1S/C14H18FN3O/c1-9-6-12(15)4-5-13(9)19-14(10(2)16)11-7-17-18(3)8-11/h4-8,10,14H,16H2,1-3H3. The summed E-state index contributed by atoms with van der Waals surface area (Å²) in [5.74, 6) is 0.358. The number of nitrogens with two attached hydrogens (primary N) is 1. The summed E-state index contributed by atoms with van der Waals surface area (Å²) in [4.78, 5) is 0. The van der Waals surface area contributed by atoms with Gasteiger partial charge in [-0.2, -0.15) is 5.10 Å². The lowest BCUT2D eigenvalue weighted by molar-refractivity contribution is 0.179. The number of aromatic nitrogens is 2. The Morgan fingerprint density at radius 3 is 2.68 bits per heavy atom. The molecule has 5 heteroatoms. The molecule has 0 bridgehead atoms. The minimum absolute atomic E-state index is 0.200. The summed E-state index contributed by atoms with van der Waals surface area (Å²) >= 11 is 0. The van der Waals surface area contributed by atoms with Crippen LogP contribution < -0.4 is 10.5 Å². The average molecular weight is 263 g/mol. The molecule has 0 aliphatic rings. The molecule has 102 valence electrons. The Balaban J connectivity index is 2.26. The first-order valence-electron chi connectivity index (χ1n) is 6.14. The van der Waals surface area contributed by atoms with Crippen LogP contribution in [0.25, 0.3) is 0 Å². The van der Waals surface area contributed by atoms with Crippen LogP contribution >= 0.6 is 0 Å². The van der Waals surface area contributed by atoms with Crippen LogP contribution in [-0.2, 0) is 7.05 Å². The molecular formula is C14H18FN3O. The summed E-state index contributed by atoms with van der Waals surface area (Å²) in [5.41, 5.74) is 7.62. The molecule has 0 aliphatic heterocycles. The van der Waals surface area contributed by atoms with Crippen molar-refractivity contribution in [3.05, 3.63) is 47.5 Å². The minimum atomic E-state index is -0.308. The van der Waals surface area contributed by atoms with E-state index in [1.165, 1.54) is 12.1 Å². The predicted molar refractivity (Wildman–Crippen MR) is 71.4 cm³/mol. The third-order valence-corrected chi connectivity index (χ3v) is 2.92. The van der Waals surface area contributed by atoms with E-state index >= 15 is 0 Å². The van der Waals surface area contributed by atoms with Gasteiger partial charge in [-0.25, -0.2) is 4.39 Å². The number of halogens is 1. The van der Waals surface area contributed by atoms with Crippen molar-refractivity contribution in [2.24, 2.45) is 12.8 Å². The van der Waals surface area contributed by atoms with E-state index in [1.54, 1.807) is 23.9 Å². The van der Waals surface area contributed by atoms with Crippen LogP contribution in [0, 0.1) is 12.7 Å². The van der Waals surface area contributed by atoms with Gasteiger partial charge in [0.05, 0.1) is 6.20 Å². The smallest absolute Gasteiger partial charge is 0.141 e. The van der Waals surface area contributed by atoms with Gasteiger partial charge in [0.25, 0.3) is 0 Å².